The molecular weight excluding hydrogens is 601 g/mol. The predicted octanol–water partition coefficient (Wildman–Crippen LogP) is 14.7. The molecule has 50 heavy (non-hydrogen) atoms. The number of hydrogen-bond acceptors (Lipinski definition) is 0. The van der Waals surface area contributed by atoms with Crippen LogP contribution in [-0.4, -0.2) is 0 Å². The maximum absolute atomic E-state index is 2.42. The molecule has 0 heteroatoms. The first-order valence-electron chi connectivity index (χ1n) is 19.8. The molecule has 5 rings (SSSR count). The van der Waals surface area contributed by atoms with Crippen LogP contribution in [0.2, 0.25) is 0 Å². The van der Waals surface area contributed by atoms with Gasteiger partial charge in [0.2, 0.25) is 0 Å². The fraction of sp³-hybridized carbons (Fsp3) is 0.360. The van der Waals surface area contributed by atoms with Crippen LogP contribution in [-0.2, 0) is 18.3 Å². The van der Waals surface area contributed by atoms with Crippen molar-refractivity contribution < 1.29 is 0 Å². The number of benzene rings is 4. The third-order valence-corrected chi connectivity index (χ3v) is 10.4. The van der Waals surface area contributed by atoms with Gasteiger partial charge in [-0.15, -0.1) is 0 Å². The number of hydrogen-bond donors (Lipinski definition) is 0. The Morgan fingerprint density at radius 3 is 1.48 bits per heavy atom. The number of aryl methyl sites for hydroxylation is 2. The Balaban J connectivity index is 1.16. The molecule has 0 aliphatic heterocycles. The molecule has 0 nitrogen and oxygen atoms in total. The zero-order valence-corrected chi connectivity index (χ0v) is 31.0. The molecule has 0 heterocycles. The van der Waals surface area contributed by atoms with E-state index in [0.717, 1.165) is 6.42 Å². The Morgan fingerprint density at radius 2 is 0.980 bits per heavy atom. The molecule has 0 amide bonds. The van der Waals surface area contributed by atoms with Gasteiger partial charge in [-0.1, -0.05) is 224 Å². The van der Waals surface area contributed by atoms with E-state index in [9.17, 15) is 0 Å². The van der Waals surface area contributed by atoms with E-state index >= 15 is 0 Å². The highest BCUT2D eigenvalue weighted by Crippen LogP contribution is 2.38. The average molecular weight is 661 g/mol. The van der Waals surface area contributed by atoms with Crippen molar-refractivity contribution in [2.75, 3.05) is 0 Å². The summed E-state index contributed by atoms with van der Waals surface area (Å²) in [5.74, 6) is 0. The smallest absolute Gasteiger partial charge is 0.0353 e. The van der Waals surface area contributed by atoms with Gasteiger partial charge in [0.15, 0.2) is 0 Å². The minimum atomic E-state index is -0.158. The summed E-state index contributed by atoms with van der Waals surface area (Å²) in [5, 5.41) is 0. The van der Waals surface area contributed by atoms with Crippen molar-refractivity contribution in [3.63, 3.8) is 0 Å². The third-order valence-electron chi connectivity index (χ3n) is 10.4. The molecule has 1 aliphatic carbocycles. The minimum absolute atomic E-state index is 0.158. The summed E-state index contributed by atoms with van der Waals surface area (Å²) in [4.78, 5) is 0. The summed E-state index contributed by atoms with van der Waals surface area (Å²) in [6, 6.07) is 38.3. The Morgan fingerprint density at radius 1 is 0.500 bits per heavy atom. The standard InChI is InChI=1S/C50H60/c1-3-5-7-9-11-14-18-42-22-26-44(27-23-42)28-29-45-32-34-47(35-33-45)48-37-40-50(41-38-48,49-20-16-13-17-21-49)39-36-46-30-24-43(25-31-46)19-15-12-10-8-6-4-2/h13,16-17,20-40H,3-12,14-15,18-19,41H2,1-2H3. The Bertz CT molecular complexity index is 1650. The van der Waals surface area contributed by atoms with Gasteiger partial charge in [-0.05, 0) is 76.6 Å². The SMILES string of the molecule is CCCCCCCCc1ccc(C=Cc2ccc(C3=CCC(C=Cc4ccc(CCCCCCCC)cc4)(c4ccccc4)C=C3)cc2)cc1. The van der Waals surface area contributed by atoms with Gasteiger partial charge >= 0.3 is 0 Å². The fourth-order valence-electron chi connectivity index (χ4n) is 7.08. The Labute approximate surface area is 304 Å². The highest BCUT2D eigenvalue weighted by molar-refractivity contribution is 5.78. The zero-order chi connectivity index (χ0) is 34.7. The van der Waals surface area contributed by atoms with E-state index in [1.807, 2.05) is 0 Å². The van der Waals surface area contributed by atoms with E-state index < -0.39 is 0 Å². The van der Waals surface area contributed by atoms with Crippen molar-refractivity contribution >= 4 is 23.8 Å². The van der Waals surface area contributed by atoms with E-state index in [1.54, 1.807) is 0 Å². The largest absolute Gasteiger partial charge is 0.0752 e. The summed E-state index contributed by atoms with van der Waals surface area (Å²) >= 11 is 0. The topological polar surface area (TPSA) is 0 Å². The molecule has 0 aromatic heterocycles. The van der Waals surface area contributed by atoms with Gasteiger partial charge in [0.1, 0.15) is 0 Å². The lowest BCUT2D eigenvalue weighted by molar-refractivity contribution is 0.607. The van der Waals surface area contributed by atoms with Crippen LogP contribution in [0.25, 0.3) is 23.8 Å². The van der Waals surface area contributed by atoms with E-state index in [-0.39, 0.29) is 5.41 Å². The van der Waals surface area contributed by atoms with Gasteiger partial charge < -0.3 is 0 Å². The quantitative estimate of drug-likeness (QED) is 0.0654. The Hall–Kier alpha value is -4.16. The zero-order valence-electron chi connectivity index (χ0n) is 31.0. The molecule has 0 spiro atoms. The van der Waals surface area contributed by atoms with Crippen LogP contribution in [0.3, 0.4) is 0 Å². The molecule has 0 N–H and O–H groups in total. The Kier molecular flexibility index (Phi) is 15.2. The number of allylic oxidation sites excluding steroid dienone is 5. The molecule has 0 saturated carbocycles. The van der Waals surface area contributed by atoms with Gasteiger partial charge in [0.05, 0.1) is 0 Å². The van der Waals surface area contributed by atoms with Crippen LogP contribution in [0.1, 0.15) is 136 Å². The first kappa shape index (κ1) is 37.1. The molecule has 1 aliphatic rings. The first-order chi connectivity index (χ1) is 24.7. The third kappa shape index (κ3) is 11.7. The number of unbranched alkanes of at least 4 members (excludes halogenated alkanes) is 10. The fourth-order valence-corrected chi connectivity index (χ4v) is 7.08. The van der Waals surface area contributed by atoms with Crippen LogP contribution < -0.4 is 0 Å². The normalized spacial score (nSPS) is 16.0. The molecule has 0 radical (unpaired) electrons. The molecule has 1 atom stereocenters. The van der Waals surface area contributed by atoms with Crippen LogP contribution in [0, 0.1) is 0 Å². The summed E-state index contributed by atoms with van der Waals surface area (Å²) < 4.78 is 0. The van der Waals surface area contributed by atoms with Crippen LogP contribution in [0.15, 0.2) is 127 Å². The molecule has 4 aromatic rings. The van der Waals surface area contributed by atoms with Crippen molar-refractivity contribution in [1.29, 1.82) is 0 Å². The highest BCUT2D eigenvalue weighted by Gasteiger charge is 2.27. The second-order valence-electron chi connectivity index (χ2n) is 14.4. The van der Waals surface area contributed by atoms with Gasteiger partial charge in [-0.25, -0.2) is 0 Å². The summed E-state index contributed by atoms with van der Waals surface area (Å²) in [6.07, 6.45) is 35.8. The summed E-state index contributed by atoms with van der Waals surface area (Å²) in [6.45, 7) is 4.57. The first-order valence-corrected chi connectivity index (χ1v) is 19.8. The monoisotopic (exact) mass is 660 g/mol. The molecule has 0 fully saturated rings. The van der Waals surface area contributed by atoms with Crippen molar-refractivity contribution in [1.82, 2.24) is 0 Å². The molecule has 4 aromatic carbocycles. The van der Waals surface area contributed by atoms with Crippen molar-refractivity contribution in [2.24, 2.45) is 0 Å². The number of rotatable bonds is 20. The van der Waals surface area contributed by atoms with Crippen LogP contribution in [0.4, 0.5) is 0 Å². The molecule has 0 bridgehead atoms. The van der Waals surface area contributed by atoms with E-state index in [2.05, 4.69) is 160 Å². The van der Waals surface area contributed by atoms with Gasteiger partial charge in [-0.3, -0.25) is 0 Å². The molecule has 260 valence electrons. The second kappa shape index (κ2) is 20.5. The van der Waals surface area contributed by atoms with Gasteiger partial charge in [-0.2, -0.15) is 0 Å². The van der Waals surface area contributed by atoms with E-state index in [1.165, 1.54) is 134 Å². The second-order valence-corrected chi connectivity index (χ2v) is 14.4. The van der Waals surface area contributed by atoms with Crippen LogP contribution in [0.5, 0.6) is 0 Å². The lowest BCUT2D eigenvalue weighted by atomic mass is 9.73. The summed E-state index contributed by atoms with van der Waals surface area (Å²) in [5.41, 5.74) is 10.4. The average Bonchev–Trinajstić information content (AvgIpc) is 3.17. The summed E-state index contributed by atoms with van der Waals surface area (Å²) in [7, 11) is 0. The highest BCUT2D eigenvalue weighted by atomic mass is 14.3. The van der Waals surface area contributed by atoms with Crippen molar-refractivity contribution in [3.05, 3.63) is 166 Å². The molecular formula is C50H60. The molecule has 0 saturated heterocycles. The maximum atomic E-state index is 2.42. The maximum Gasteiger partial charge on any atom is 0.0353 e. The van der Waals surface area contributed by atoms with E-state index in [0.29, 0.717) is 0 Å². The lowest BCUT2D eigenvalue weighted by Crippen LogP contribution is -2.21. The van der Waals surface area contributed by atoms with Crippen LogP contribution >= 0.6 is 0 Å². The van der Waals surface area contributed by atoms with E-state index in [4.69, 9.17) is 0 Å². The lowest BCUT2D eigenvalue weighted by Gasteiger charge is -2.30. The molecule has 1 unspecified atom stereocenters. The minimum Gasteiger partial charge on any atom is -0.0752 e. The van der Waals surface area contributed by atoms with Crippen molar-refractivity contribution in [2.45, 2.75) is 116 Å². The van der Waals surface area contributed by atoms with Gasteiger partial charge in [0, 0.05) is 5.41 Å². The van der Waals surface area contributed by atoms with Gasteiger partial charge in [0.25, 0.3) is 0 Å². The predicted molar refractivity (Wildman–Crippen MR) is 221 cm³/mol. The van der Waals surface area contributed by atoms with Crippen molar-refractivity contribution in [3.8, 4) is 0 Å².